The highest BCUT2D eigenvalue weighted by molar-refractivity contribution is 5.96. The molecular weight excluding hydrogens is 242 g/mol. The lowest BCUT2D eigenvalue weighted by Crippen LogP contribution is -2.40. The van der Waals surface area contributed by atoms with Gasteiger partial charge in [-0.1, -0.05) is 31.0 Å². The highest BCUT2D eigenvalue weighted by Gasteiger charge is 2.31. The third-order valence-electron chi connectivity index (χ3n) is 3.76. The molecule has 0 radical (unpaired) electrons. The van der Waals surface area contributed by atoms with Crippen molar-refractivity contribution >= 4 is 16.9 Å². The Morgan fingerprint density at radius 3 is 2.79 bits per heavy atom. The van der Waals surface area contributed by atoms with Crippen LogP contribution in [0.15, 0.2) is 34.7 Å². The van der Waals surface area contributed by atoms with E-state index in [0.717, 1.165) is 31.1 Å². The Bertz CT molecular complexity index is 563. The van der Waals surface area contributed by atoms with Crippen LogP contribution in [-0.4, -0.2) is 23.2 Å². The maximum atomic E-state index is 12.0. The molecule has 100 valence electrons. The van der Waals surface area contributed by atoms with E-state index in [-0.39, 0.29) is 5.91 Å². The van der Waals surface area contributed by atoms with Crippen molar-refractivity contribution in [3.63, 3.8) is 0 Å². The molecule has 1 heterocycles. The van der Waals surface area contributed by atoms with Crippen LogP contribution in [0.25, 0.3) is 11.0 Å². The smallest absolute Gasteiger partial charge is 0.287 e. The summed E-state index contributed by atoms with van der Waals surface area (Å²) in [7, 11) is 0. The van der Waals surface area contributed by atoms with Crippen molar-refractivity contribution in [3.8, 4) is 0 Å². The molecule has 1 aromatic carbocycles. The van der Waals surface area contributed by atoms with Crippen LogP contribution in [-0.2, 0) is 0 Å². The fraction of sp³-hybridized carbons (Fsp3) is 0.400. The summed E-state index contributed by atoms with van der Waals surface area (Å²) in [5.41, 5.74) is -0.0333. The van der Waals surface area contributed by atoms with E-state index in [1.165, 1.54) is 0 Å². The highest BCUT2D eigenvalue weighted by Crippen LogP contribution is 2.28. The zero-order chi connectivity index (χ0) is 13.3. The lowest BCUT2D eigenvalue weighted by atomic mass is 10.0. The SMILES string of the molecule is O=C(NCC1(O)CCCC1)c1cc2ccccc2o1. The summed E-state index contributed by atoms with van der Waals surface area (Å²) in [4.78, 5) is 12.0. The van der Waals surface area contributed by atoms with E-state index in [4.69, 9.17) is 4.42 Å². The molecule has 1 amide bonds. The van der Waals surface area contributed by atoms with E-state index in [1.54, 1.807) is 6.07 Å². The topological polar surface area (TPSA) is 62.5 Å². The molecule has 0 aliphatic heterocycles. The number of aliphatic hydroxyl groups is 1. The third kappa shape index (κ3) is 2.49. The number of para-hydroxylation sites is 1. The van der Waals surface area contributed by atoms with Gasteiger partial charge >= 0.3 is 0 Å². The average Bonchev–Trinajstić information content (AvgIpc) is 3.02. The van der Waals surface area contributed by atoms with Crippen LogP contribution in [0.4, 0.5) is 0 Å². The largest absolute Gasteiger partial charge is 0.451 e. The summed E-state index contributed by atoms with van der Waals surface area (Å²) in [5.74, 6) is 0.0271. The molecule has 0 bridgehead atoms. The number of nitrogens with one attached hydrogen (secondary N) is 1. The van der Waals surface area contributed by atoms with Crippen LogP contribution in [0.3, 0.4) is 0 Å². The second kappa shape index (κ2) is 4.70. The first-order chi connectivity index (χ1) is 9.16. The Morgan fingerprint density at radius 1 is 1.32 bits per heavy atom. The fourth-order valence-electron chi connectivity index (χ4n) is 2.64. The summed E-state index contributed by atoms with van der Waals surface area (Å²) in [6.45, 7) is 0.295. The number of amides is 1. The molecule has 4 heteroatoms. The number of carbonyl (C=O) groups excluding carboxylic acids is 1. The molecule has 1 fully saturated rings. The first-order valence-electron chi connectivity index (χ1n) is 6.65. The van der Waals surface area contributed by atoms with Crippen molar-refractivity contribution in [2.24, 2.45) is 0 Å². The maximum Gasteiger partial charge on any atom is 0.287 e. The Morgan fingerprint density at radius 2 is 2.05 bits per heavy atom. The number of rotatable bonds is 3. The molecule has 19 heavy (non-hydrogen) atoms. The minimum absolute atomic E-state index is 0.267. The third-order valence-corrected chi connectivity index (χ3v) is 3.76. The van der Waals surface area contributed by atoms with Crippen LogP contribution < -0.4 is 5.32 Å². The first kappa shape index (κ1) is 12.2. The van der Waals surface area contributed by atoms with E-state index in [0.29, 0.717) is 17.9 Å². The van der Waals surface area contributed by atoms with E-state index < -0.39 is 5.60 Å². The van der Waals surface area contributed by atoms with Gasteiger partial charge in [-0.15, -0.1) is 0 Å². The van der Waals surface area contributed by atoms with Crippen molar-refractivity contribution in [1.29, 1.82) is 0 Å². The Labute approximate surface area is 111 Å². The molecule has 1 saturated carbocycles. The average molecular weight is 259 g/mol. The van der Waals surface area contributed by atoms with Crippen LogP contribution >= 0.6 is 0 Å². The fourth-order valence-corrected chi connectivity index (χ4v) is 2.64. The standard InChI is InChI=1S/C15H17NO3/c17-14(16-10-15(18)7-3-4-8-15)13-9-11-5-1-2-6-12(11)19-13/h1-2,5-6,9,18H,3-4,7-8,10H2,(H,16,17). The van der Waals surface area contributed by atoms with Gasteiger partial charge in [0.25, 0.3) is 5.91 Å². The zero-order valence-electron chi connectivity index (χ0n) is 10.7. The minimum Gasteiger partial charge on any atom is -0.451 e. The predicted molar refractivity (Wildman–Crippen MR) is 72.0 cm³/mol. The van der Waals surface area contributed by atoms with Gasteiger partial charge in [-0.25, -0.2) is 0 Å². The van der Waals surface area contributed by atoms with Gasteiger partial charge in [0.15, 0.2) is 5.76 Å². The normalized spacial score (nSPS) is 17.7. The van der Waals surface area contributed by atoms with Gasteiger partial charge in [-0.2, -0.15) is 0 Å². The molecule has 1 aliphatic carbocycles. The number of hydrogen-bond donors (Lipinski definition) is 2. The molecule has 4 nitrogen and oxygen atoms in total. The van der Waals surface area contributed by atoms with Gasteiger partial charge in [0.1, 0.15) is 5.58 Å². The lowest BCUT2D eigenvalue weighted by molar-refractivity contribution is 0.0444. The maximum absolute atomic E-state index is 12.0. The molecule has 1 aromatic heterocycles. The lowest BCUT2D eigenvalue weighted by Gasteiger charge is -2.21. The van der Waals surface area contributed by atoms with Crippen molar-refractivity contribution in [2.75, 3.05) is 6.54 Å². The van der Waals surface area contributed by atoms with Crippen LogP contribution in [0.2, 0.25) is 0 Å². The second-order valence-electron chi connectivity index (χ2n) is 5.26. The molecular formula is C15H17NO3. The van der Waals surface area contributed by atoms with Gasteiger partial charge < -0.3 is 14.8 Å². The quantitative estimate of drug-likeness (QED) is 0.890. The summed E-state index contributed by atoms with van der Waals surface area (Å²) in [6.07, 6.45) is 3.56. The van der Waals surface area contributed by atoms with Crippen LogP contribution in [0.5, 0.6) is 0 Å². The Hall–Kier alpha value is -1.81. The molecule has 0 saturated heterocycles. The highest BCUT2D eigenvalue weighted by atomic mass is 16.3. The van der Waals surface area contributed by atoms with Crippen molar-refractivity contribution in [2.45, 2.75) is 31.3 Å². The number of benzene rings is 1. The summed E-state index contributed by atoms with van der Waals surface area (Å²) in [6, 6.07) is 9.23. The van der Waals surface area contributed by atoms with Gasteiger partial charge in [-0.05, 0) is 25.0 Å². The van der Waals surface area contributed by atoms with Crippen molar-refractivity contribution in [1.82, 2.24) is 5.32 Å². The monoisotopic (exact) mass is 259 g/mol. The number of furan rings is 1. The summed E-state index contributed by atoms with van der Waals surface area (Å²) >= 11 is 0. The molecule has 2 N–H and O–H groups in total. The summed E-state index contributed by atoms with van der Waals surface area (Å²) < 4.78 is 5.48. The number of hydrogen-bond acceptors (Lipinski definition) is 3. The first-order valence-corrected chi connectivity index (χ1v) is 6.65. The van der Waals surface area contributed by atoms with Crippen LogP contribution in [0.1, 0.15) is 36.2 Å². The predicted octanol–water partition coefficient (Wildman–Crippen LogP) is 2.47. The number of fused-ring (bicyclic) bond motifs is 1. The molecule has 2 aromatic rings. The van der Waals surface area contributed by atoms with Crippen molar-refractivity contribution < 1.29 is 14.3 Å². The second-order valence-corrected chi connectivity index (χ2v) is 5.26. The number of carbonyl (C=O) groups is 1. The zero-order valence-corrected chi connectivity index (χ0v) is 10.7. The molecule has 0 spiro atoms. The minimum atomic E-state index is -0.734. The molecule has 1 aliphatic rings. The van der Waals surface area contributed by atoms with Crippen LogP contribution in [0, 0.1) is 0 Å². The molecule has 0 unspecified atom stereocenters. The van der Waals surface area contributed by atoms with Gasteiger partial charge in [0.05, 0.1) is 5.60 Å². The van der Waals surface area contributed by atoms with E-state index in [1.807, 2.05) is 24.3 Å². The van der Waals surface area contributed by atoms with Gasteiger partial charge in [0, 0.05) is 11.9 Å². The molecule has 0 atom stereocenters. The summed E-state index contributed by atoms with van der Waals surface area (Å²) in [5, 5.41) is 13.9. The van der Waals surface area contributed by atoms with Gasteiger partial charge in [0.2, 0.25) is 0 Å². The van der Waals surface area contributed by atoms with Crippen molar-refractivity contribution in [3.05, 3.63) is 36.1 Å². The van der Waals surface area contributed by atoms with E-state index in [9.17, 15) is 9.90 Å². The molecule has 3 rings (SSSR count). The van der Waals surface area contributed by atoms with Gasteiger partial charge in [-0.3, -0.25) is 4.79 Å². The Kier molecular flexibility index (Phi) is 3.03. The van der Waals surface area contributed by atoms with E-state index in [2.05, 4.69) is 5.32 Å². The Balaban J connectivity index is 1.69. The van der Waals surface area contributed by atoms with E-state index >= 15 is 0 Å².